The maximum absolute atomic E-state index is 4.52. The molecule has 1 N–H and O–H groups in total. The third-order valence-electron chi connectivity index (χ3n) is 2.90. The van der Waals surface area contributed by atoms with Gasteiger partial charge in [-0.3, -0.25) is 5.10 Å². The number of rotatable bonds is 2. The van der Waals surface area contributed by atoms with Crippen molar-refractivity contribution in [3.05, 3.63) is 35.2 Å². The number of nitrogens with zero attached hydrogens (tertiary/aromatic N) is 2. The molecule has 2 rings (SSSR count). The van der Waals surface area contributed by atoms with E-state index in [9.17, 15) is 0 Å². The highest BCUT2D eigenvalue weighted by molar-refractivity contribution is 5.61. The van der Waals surface area contributed by atoms with E-state index in [-0.39, 0.29) is 0 Å². The largest absolute Gasteiger partial charge is 0.262 e. The Bertz CT molecular complexity index is 498. The summed E-state index contributed by atoms with van der Waals surface area (Å²) in [4.78, 5) is 4.52. The van der Waals surface area contributed by atoms with E-state index in [4.69, 9.17) is 0 Å². The van der Waals surface area contributed by atoms with Gasteiger partial charge in [-0.1, -0.05) is 32.0 Å². The highest BCUT2D eigenvalue weighted by atomic mass is 15.2. The summed E-state index contributed by atoms with van der Waals surface area (Å²) in [7, 11) is 0. The molecule has 0 atom stereocenters. The summed E-state index contributed by atoms with van der Waals surface area (Å²) in [6, 6.07) is 6.22. The average Bonchev–Trinajstić information content (AvgIpc) is 2.71. The Morgan fingerprint density at radius 1 is 1.19 bits per heavy atom. The van der Waals surface area contributed by atoms with E-state index in [0.717, 1.165) is 17.2 Å². The summed E-state index contributed by atoms with van der Waals surface area (Å²) in [5.41, 5.74) is 3.63. The molecule has 84 valence electrons. The van der Waals surface area contributed by atoms with Gasteiger partial charge in [-0.05, 0) is 25.0 Å². The summed E-state index contributed by atoms with van der Waals surface area (Å²) >= 11 is 0. The van der Waals surface area contributed by atoms with Crippen LogP contribution in [0.3, 0.4) is 0 Å². The normalized spacial score (nSPS) is 11.1. The first-order chi connectivity index (χ1) is 7.59. The molecule has 0 bridgehead atoms. The lowest BCUT2D eigenvalue weighted by Crippen LogP contribution is -1.90. The minimum absolute atomic E-state index is 0.381. The number of nitrogens with one attached hydrogen (secondary N) is 1. The van der Waals surface area contributed by atoms with E-state index in [0.29, 0.717) is 5.92 Å². The first kappa shape index (κ1) is 10.9. The molecule has 0 saturated carbocycles. The fourth-order valence-corrected chi connectivity index (χ4v) is 1.65. The first-order valence-electron chi connectivity index (χ1n) is 5.58. The molecule has 1 aromatic heterocycles. The molecule has 3 nitrogen and oxygen atoms in total. The predicted octanol–water partition coefficient (Wildman–Crippen LogP) is 3.21. The summed E-state index contributed by atoms with van der Waals surface area (Å²) in [6.07, 6.45) is 0. The lowest BCUT2D eigenvalue weighted by molar-refractivity contribution is 0.781. The van der Waals surface area contributed by atoms with Gasteiger partial charge in [0, 0.05) is 11.5 Å². The SMILES string of the molecule is Cc1cccc(-c2n[nH]c(C(C)C)n2)c1C. The Hall–Kier alpha value is -1.64. The van der Waals surface area contributed by atoms with E-state index in [1.807, 2.05) is 6.07 Å². The van der Waals surface area contributed by atoms with Crippen LogP contribution in [0.1, 0.15) is 36.7 Å². The molecule has 1 heterocycles. The van der Waals surface area contributed by atoms with Crippen molar-refractivity contribution in [3.8, 4) is 11.4 Å². The van der Waals surface area contributed by atoms with Crippen LogP contribution in [0, 0.1) is 13.8 Å². The van der Waals surface area contributed by atoms with E-state index in [2.05, 4.69) is 55.0 Å². The molecule has 0 unspecified atom stereocenters. The van der Waals surface area contributed by atoms with Gasteiger partial charge in [0.05, 0.1) is 0 Å². The van der Waals surface area contributed by atoms with Gasteiger partial charge in [0.15, 0.2) is 5.82 Å². The predicted molar refractivity (Wildman–Crippen MR) is 65.4 cm³/mol. The van der Waals surface area contributed by atoms with Crippen molar-refractivity contribution in [1.82, 2.24) is 15.2 Å². The Morgan fingerprint density at radius 3 is 2.56 bits per heavy atom. The summed E-state index contributed by atoms with van der Waals surface area (Å²) in [5, 5.41) is 7.26. The zero-order valence-electron chi connectivity index (χ0n) is 10.2. The second-order valence-electron chi connectivity index (χ2n) is 4.45. The minimum Gasteiger partial charge on any atom is -0.262 e. The number of H-pyrrole nitrogens is 1. The van der Waals surface area contributed by atoms with Crippen molar-refractivity contribution in [3.63, 3.8) is 0 Å². The fourth-order valence-electron chi connectivity index (χ4n) is 1.65. The Labute approximate surface area is 95.9 Å². The zero-order valence-corrected chi connectivity index (χ0v) is 10.2. The van der Waals surface area contributed by atoms with Crippen molar-refractivity contribution in [2.24, 2.45) is 0 Å². The topological polar surface area (TPSA) is 41.6 Å². The van der Waals surface area contributed by atoms with Crippen LogP contribution in [-0.2, 0) is 0 Å². The van der Waals surface area contributed by atoms with Crippen LogP contribution in [0.25, 0.3) is 11.4 Å². The van der Waals surface area contributed by atoms with E-state index < -0.39 is 0 Å². The van der Waals surface area contributed by atoms with Crippen LogP contribution in [0.2, 0.25) is 0 Å². The fraction of sp³-hybridized carbons (Fsp3) is 0.385. The number of hydrogen-bond donors (Lipinski definition) is 1. The highest BCUT2D eigenvalue weighted by Gasteiger charge is 2.10. The number of benzene rings is 1. The quantitative estimate of drug-likeness (QED) is 0.835. The molecule has 3 heteroatoms. The van der Waals surface area contributed by atoms with Gasteiger partial charge in [0.25, 0.3) is 0 Å². The Kier molecular flexibility index (Phi) is 2.77. The van der Waals surface area contributed by atoms with Gasteiger partial charge in [-0.2, -0.15) is 5.10 Å². The van der Waals surface area contributed by atoms with Gasteiger partial charge in [0.2, 0.25) is 0 Å². The third kappa shape index (κ3) is 1.85. The van der Waals surface area contributed by atoms with Crippen molar-refractivity contribution in [1.29, 1.82) is 0 Å². The molecule has 2 aromatic rings. The molecule has 0 saturated heterocycles. The van der Waals surface area contributed by atoms with Crippen molar-refractivity contribution in [2.75, 3.05) is 0 Å². The lowest BCUT2D eigenvalue weighted by atomic mass is 10.0. The second kappa shape index (κ2) is 4.08. The van der Waals surface area contributed by atoms with E-state index in [1.54, 1.807) is 0 Å². The molecule has 16 heavy (non-hydrogen) atoms. The number of aromatic nitrogens is 3. The number of aryl methyl sites for hydroxylation is 1. The van der Waals surface area contributed by atoms with E-state index >= 15 is 0 Å². The van der Waals surface area contributed by atoms with Gasteiger partial charge < -0.3 is 0 Å². The number of hydrogen-bond acceptors (Lipinski definition) is 2. The summed E-state index contributed by atoms with van der Waals surface area (Å²) in [6.45, 7) is 8.42. The summed E-state index contributed by atoms with van der Waals surface area (Å²) in [5.74, 6) is 2.12. The van der Waals surface area contributed by atoms with Gasteiger partial charge >= 0.3 is 0 Å². The minimum atomic E-state index is 0.381. The molecular weight excluding hydrogens is 198 g/mol. The molecule has 0 amide bonds. The summed E-state index contributed by atoms with van der Waals surface area (Å²) < 4.78 is 0. The van der Waals surface area contributed by atoms with Crippen LogP contribution >= 0.6 is 0 Å². The third-order valence-corrected chi connectivity index (χ3v) is 2.90. The van der Waals surface area contributed by atoms with Crippen LogP contribution in [0.5, 0.6) is 0 Å². The van der Waals surface area contributed by atoms with Gasteiger partial charge in [-0.25, -0.2) is 4.98 Å². The highest BCUT2D eigenvalue weighted by Crippen LogP contribution is 2.23. The molecule has 0 aliphatic heterocycles. The lowest BCUT2D eigenvalue weighted by Gasteiger charge is -2.04. The maximum Gasteiger partial charge on any atom is 0.181 e. The molecule has 0 radical (unpaired) electrons. The van der Waals surface area contributed by atoms with E-state index in [1.165, 1.54) is 11.1 Å². The van der Waals surface area contributed by atoms with Crippen LogP contribution in [0.15, 0.2) is 18.2 Å². The van der Waals surface area contributed by atoms with Crippen LogP contribution in [0.4, 0.5) is 0 Å². The monoisotopic (exact) mass is 215 g/mol. The van der Waals surface area contributed by atoms with Gasteiger partial charge in [-0.15, -0.1) is 0 Å². The smallest absolute Gasteiger partial charge is 0.181 e. The van der Waals surface area contributed by atoms with Crippen molar-refractivity contribution >= 4 is 0 Å². The standard InChI is InChI=1S/C13H17N3/c1-8(2)12-14-13(16-15-12)11-7-5-6-9(3)10(11)4/h5-8H,1-4H3,(H,14,15,16). The Balaban J connectivity index is 2.47. The van der Waals surface area contributed by atoms with Crippen LogP contribution < -0.4 is 0 Å². The Morgan fingerprint density at radius 2 is 1.94 bits per heavy atom. The van der Waals surface area contributed by atoms with Crippen LogP contribution in [-0.4, -0.2) is 15.2 Å². The van der Waals surface area contributed by atoms with Crippen molar-refractivity contribution in [2.45, 2.75) is 33.6 Å². The molecule has 0 fully saturated rings. The molecule has 0 aliphatic rings. The number of aromatic amines is 1. The zero-order chi connectivity index (χ0) is 11.7. The molecular formula is C13H17N3. The second-order valence-corrected chi connectivity index (χ2v) is 4.45. The average molecular weight is 215 g/mol. The first-order valence-corrected chi connectivity index (χ1v) is 5.58. The van der Waals surface area contributed by atoms with Gasteiger partial charge in [0.1, 0.15) is 5.82 Å². The molecule has 0 spiro atoms. The van der Waals surface area contributed by atoms with Crippen molar-refractivity contribution < 1.29 is 0 Å². The molecule has 1 aromatic carbocycles. The molecule has 0 aliphatic carbocycles. The maximum atomic E-state index is 4.52.